The van der Waals surface area contributed by atoms with E-state index in [0.29, 0.717) is 11.8 Å². The number of rotatable bonds is 6. The number of likely N-dealkylation sites (tertiary alicyclic amines) is 2. The van der Waals surface area contributed by atoms with Crippen LogP contribution in [0.2, 0.25) is 0 Å². The van der Waals surface area contributed by atoms with Crippen LogP contribution in [0.5, 0.6) is 0 Å². The number of urea groups is 1. The molecule has 3 aliphatic rings. The Balaban J connectivity index is 1.34. The number of hydrogen-bond acceptors (Lipinski definition) is 2. The molecule has 2 amide bonds. The number of nitrogens with zero attached hydrogens (tertiary/aromatic N) is 2. The van der Waals surface area contributed by atoms with Gasteiger partial charge in [0, 0.05) is 32.1 Å². The van der Waals surface area contributed by atoms with Crippen LogP contribution in [-0.4, -0.2) is 55.1 Å². The van der Waals surface area contributed by atoms with E-state index in [1.165, 1.54) is 49.2 Å². The third-order valence-corrected chi connectivity index (χ3v) is 6.50. The molecule has 1 aromatic carbocycles. The molecule has 0 bridgehead atoms. The summed E-state index contributed by atoms with van der Waals surface area (Å²) in [5.41, 5.74) is 4.24. The molecule has 0 saturated carbocycles. The van der Waals surface area contributed by atoms with Crippen molar-refractivity contribution < 1.29 is 4.79 Å². The molecule has 0 radical (unpaired) electrons. The monoisotopic (exact) mass is 367 g/mol. The van der Waals surface area contributed by atoms with Gasteiger partial charge in [-0.3, -0.25) is 0 Å². The normalized spacial score (nSPS) is 24.9. The Morgan fingerprint density at radius 1 is 1.15 bits per heavy atom. The lowest BCUT2D eigenvalue weighted by molar-refractivity contribution is 0.206. The number of nitrogens with one attached hydrogen (secondary N) is 1. The molecule has 0 spiro atoms. The number of amides is 2. The largest absolute Gasteiger partial charge is 0.338 e. The lowest BCUT2D eigenvalue weighted by Gasteiger charge is -2.18. The lowest BCUT2D eigenvalue weighted by atomic mass is 9.90. The van der Waals surface area contributed by atoms with Gasteiger partial charge in [-0.05, 0) is 67.8 Å². The van der Waals surface area contributed by atoms with Crippen LogP contribution in [0.4, 0.5) is 4.79 Å². The van der Waals surface area contributed by atoms with E-state index in [0.717, 1.165) is 38.9 Å². The minimum atomic E-state index is 0.114. The molecular formula is C23H33N3O. The van der Waals surface area contributed by atoms with Crippen molar-refractivity contribution in [3.8, 4) is 0 Å². The van der Waals surface area contributed by atoms with Gasteiger partial charge in [0.2, 0.25) is 0 Å². The van der Waals surface area contributed by atoms with Crippen molar-refractivity contribution in [1.29, 1.82) is 0 Å². The molecule has 4 nitrogen and oxygen atoms in total. The highest BCUT2D eigenvalue weighted by Crippen LogP contribution is 2.42. The van der Waals surface area contributed by atoms with Gasteiger partial charge in [0.1, 0.15) is 0 Å². The van der Waals surface area contributed by atoms with Crippen molar-refractivity contribution in [3.05, 3.63) is 41.5 Å². The molecule has 2 atom stereocenters. The highest BCUT2D eigenvalue weighted by Gasteiger charge is 2.40. The lowest BCUT2D eigenvalue weighted by Crippen LogP contribution is -2.39. The molecule has 4 rings (SSSR count). The van der Waals surface area contributed by atoms with Crippen molar-refractivity contribution in [3.63, 3.8) is 0 Å². The second-order valence-corrected chi connectivity index (χ2v) is 8.39. The summed E-state index contributed by atoms with van der Waals surface area (Å²) in [5.74, 6) is 1.11. The highest BCUT2D eigenvalue weighted by molar-refractivity contribution is 5.77. The zero-order valence-electron chi connectivity index (χ0n) is 16.6. The molecule has 4 heteroatoms. The number of allylic oxidation sites excluding steroid dienone is 1. The SMILES string of the molecule is CCCNC(=O)N1CC2CC=C(c3ccc(CCN4CCCC4)cc3)C2C1. The van der Waals surface area contributed by atoms with Gasteiger partial charge in [0.05, 0.1) is 0 Å². The molecule has 2 heterocycles. The van der Waals surface area contributed by atoms with E-state index in [2.05, 4.69) is 47.5 Å². The molecule has 0 aromatic heterocycles. The van der Waals surface area contributed by atoms with E-state index in [9.17, 15) is 4.79 Å². The maximum atomic E-state index is 12.3. The molecule has 2 fully saturated rings. The number of fused-ring (bicyclic) bond motifs is 1. The second kappa shape index (κ2) is 8.47. The first-order chi connectivity index (χ1) is 13.2. The summed E-state index contributed by atoms with van der Waals surface area (Å²) >= 11 is 0. The first kappa shape index (κ1) is 18.5. The average molecular weight is 368 g/mol. The van der Waals surface area contributed by atoms with Gasteiger partial charge < -0.3 is 15.1 Å². The van der Waals surface area contributed by atoms with Crippen LogP contribution in [0.3, 0.4) is 0 Å². The number of hydrogen-bond donors (Lipinski definition) is 1. The molecule has 27 heavy (non-hydrogen) atoms. The standard InChI is InChI=1S/C23H33N3O/c1-2-12-24-23(27)26-16-20-9-10-21(22(20)17-26)19-7-5-18(6-8-19)11-15-25-13-3-4-14-25/h5-8,10,20,22H,2-4,9,11-17H2,1H3,(H,24,27). The highest BCUT2D eigenvalue weighted by atomic mass is 16.2. The van der Waals surface area contributed by atoms with Gasteiger partial charge in [-0.25, -0.2) is 4.79 Å². The Hall–Kier alpha value is -1.81. The van der Waals surface area contributed by atoms with E-state index in [4.69, 9.17) is 0 Å². The van der Waals surface area contributed by atoms with Gasteiger partial charge >= 0.3 is 6.03 Å². The summed E-state index contributed by atoms with van der Waals surface area (Å²) in [5, 5.41) is 3.03. The molecular weight excluding hydrogens is 334 g/mol. The summed E-state index contributed by atoms with van der Waals surface area (Å²) in [6.07, 6.45) is 8.38. The average Bonchev–Trinajstić information content (AvgIpc) is 3.41. The van der Waals surface area contributed by atoms with Crippen LogP contribution in [0.25, 0.3) is 5.57 Å². The molecule has 1 N–H and O–H groups in total. The van der Waals surface area contributed by atoms with Crippen molar-refractivity contribution >= 4 is 11.6 Å². The third-order valence-electron chi connectivity index (χ3n) is 6.50. The van der Waals surface area contributed by atoms with Crippen LogP contribution in [0.1, 0.15) is 43.7 Å². The summed E-state index contributed by atoms with van der Waals surface area (Å²) in [6.45, 7) is 8.36. The summed E-state index contributed by atoms with van der Waals surface area (Å²) in [4.78, 5) is 16.9. The van der Waals surface area contributed by atoms with Gasteiger partial charge in [-0.2, -0.15) is 0 Å². The van der Waals surface area contributed by atoms with Crippen molar-refractivity contribution in [2.75, 3.05) is 39.3 Å². The Bertz CT molecular complexity index is 675. The van der Waals surface area contributed by atoms with Crippen LogP contribution in [-0.2, 0) is 6.42 Å². The first-order valence-electron chi connectivity index (χ1n) is 10.8. The van der Waals surface area contributed by atoms with Crippen LogP contribution in [0.15, 0.2) is 30.3 Å². The van der Waals surface area contributed by atoms with E-state index < -0.39 is 0 Å². The smallest absolute Gasteiger partial charge is 0.317 e. The number of carbonyl (C=O) groups excluding carboxylic acids is 1. The van der Waals surface area contributed by atoms with Gasteiger partial charge in [0.15, 0.2) is 0 Å². The Labute approximate surface area is 163 Å². The second-order valence-electron chi connectivity index (χ2n) is 8.39. The predicted molar refractivity (Wildman–Crippen MR) is 111 cm³/mol. The van der Waals surface area contributed by atoms with Crippen molar-refractivity contribution in [2.24, 2.45) is 11.8 Å². The van der Waals surface area contributed by atoms with Crippen LogP contribution in [0, 0.1) is 11.8 Å². The predicted octanol–water partition coefficient (Wildman–Crippen LogP) is 3.78. The van der Waals surface area contributed by atoms with Gasteiger partial charge in [-0.15, -0.1) is 0 Å². The minimum Gasteiger partial charge on any atom is -0.338 e. The van der Waals surface area contributed by atoms with E-state index >= 15 is 0 Å². The quantitative estimate of drug-likeness (QED) is 0.830. The summed E-state index contributed by atoms with van der Waals surface area (Å²) < 4.78 is 0. The Kier molecular flexibility index (Phi) is 5.82. The molecule has 2 aliphatic heterocycles. The molecule has 146 valence electrons. The van der Waals surface area contributed by atoms with Crippen LogP contribution < -0.4 is 5.32 Å². The summed E-state index contributed by atoms with van der Waals surface area (Å²) in [6, 6.07) is 9.32. The van der Waals surface area contributed by atoms with Crippen LogP contribution >= 0.6 is 0 Å². The topological polar surface area (TPSA) is 35.6 Å². The Morgan fingerprint density at radius 3 is 2.67 bits per heavy atom. The number of benzene rings is 1. The maximum absolute atomic E-state index is 12.3. The maximum Gasteiger partial charge on any atom is 0.317 e. The number of carbonyl (C=O) groups is 1. The fraction of sp³-hybridized carbons (Fsp3) is 0.609. The van der Waals surface area contributed by atoms with E-state index in [-0.39, 0.29) is 6.03 Å². The summed E-state index contributed by atoms with van der Waals surface area (Å²) in [7, 11) is 0. The van der Waals surface area contributed by atoms with Crippen molar-refractivity contribution in [2.45, 2.75) is 39.0 Å². The molecule has 1 aliphatic carbocycles. The zero-order chi connectivity index (χ0) is 18.6. The van der Waals surface area contributed by atoms with E-state index in [1.54, 1.807) is 0 Å². The molecule has 1 aromatic rings. The third kappa shape index (κ3) is 4.21. The molecule has 2 saturated heterocycles. The molecule has 2 unspecified atom stereocenters. The fourth-order valence-corrected chi connectivity index (χ4v) is 4.89. The fourth-order valence-electron chi connectivity index (χ4n) is 4.89. The Morgan fingerprint density at radius 2 is 1.93 bits per heavy atom. The van der Waals surface area contributed by atoms with Crippen molar-refractivity contribution in [1.82, 2.24) is 15.1 Å². The zero-order valence-corrected chi connectivity index (χ0v) is 16.6. The first-order valence-corrected chi connectivity index (χ1v) is 10.8. The minimum absolute atomic E-state index is 0.114. The van der Waals surface area contributed by atoms with Gasteiger partial charge in [-0.1, -0.05) is 37.3 Å². The van der Waals surface area contributed by atoms with E-state index in [1.807, 2.05) is 4.90 Å². The van der Waals surface area contributed by atoms with Gasteiger partial charge in [0.25, 0.3) is 0 Å².